The minimum atomic E-state index is -0.0278. The molecule has 1 fully saturated rings. The van der Waals surface area contributed by atoms with Crippen LogP contribution in [0.25, 0.3) is 0 Å². The maximum absolute atomic E-state index is 12.8. The van der Waals surface area contributed by atoms with Gasteiger partial charge in [0, 0.05) is 31.5 Å². The van der Waals surface area contributed by atoms with Gasteiger partial charge in [0.05, 0.1) is 6.04 Å². The highest BCUT2D eigenvalue weighted by Crippen LogP contribution is 2.31. The maximum atomic E-state index is 12.8. The summed E-state index contributed by atoms with van der Waals surface area (Å²) in [6.07, 6.45) is 6.40. The molecule has 112 valence electrons. The van der Waals surface area contributed by atoms with Crippen molar-refractivity contribution < 1.29 is 9.32 Å². The van der Waals surface area contributed by atoms with Crippen LogP contribution in [0.2, 0.25) is 0 Å². The molecule has 1 aliphatic heterocycles. The van der Waals surface area contributed by atoms with Gasteiger partial charge < -0.3 is 14.0 Å². The smallest absolute Gasteiger partial charge is 0.276 e. The van der Waals surface area contributed by atoms with E-state index in [0.29, 0.717) is 11.5 Å². The first-order valence-corrected chi connectivity index (χ1v) is 7.52. The van der Waals surface area contributed by atoms with Crippen LogP contribution in [0, 0.1) is 6.92 Å². The number of rotatable bonds is 2. The van der Waals surface area contributed by atoms with Crippen LogP contribution >= 0.6 is 0 Å². The minimum Gasteiger partial charge on any atom is -0.361 e. The molecule has 1 atom stereocenters. The first kappa shape index (κ1) is 13.9. The number of nitrogens with zero attached hydrogens (tertiary/aromatic N) is 3. The molecular formula is C16H21N3O2. The van der Waals surface area contributed by atoms with Crippen molar-refractivity contribution in [3.63, 3.8) is 0 Å². The highest BCUT2D eigenvalue weighted by Gasteiger charge is 2.30. The van der Waals surface area contributed by atoms with E-state index in [-0.39, 0.29) is 11.9 Å². The van der Waals surface area contributed by atoms with Gasteiger partial charge in [-0.05, 0) is 31.9 Å². The van der Waals surface area contributed by atoms with Crippen LogP contribution in [-0.2, 0) is 7.05 Å². The summed E-state index contributed by atoms with van der Waals surface area (Å²) in [6, 6.07) is 5.97. The van der Waals surface area contributed by atoms with Gasteiger partial charge in [0.25, 0.3) is 5.91 Å². The van der Waals surface area contributed by atoms with Crippen molar-refractivity contribution in [1.29, 1.82) is 0 Å². The van der Waals surface area contributed by atoms with E-state index < -0.39 is 0 Å². The summed E-state index contributed by atoms with van der Waals surface area (Å²) in [5.74, 6) is 0.642. The molecule has 5 heteroatoms. The molecule has 1 aliphatic rings. The summed E-state index contributed by atoms with van der Waals surface area (Å²) >= 11 is 0. The van der Waals surface area contributed by atoms with E-state index in [4.69, 9.17) is 4.52 Å². The molecule has 0 spiro atoms. The van der Waals surface area contributed by atoms with Crippen molar-refractivity contribution in [2.45, 2.75) is 38.6 Å². The maximum Gasteiger partial charge on any atom is 0.276 e. The van der Waals surface area contributed by atoms with Gasteiger partial charge in [-0.3, -0.25) is 4.79 Å². The van der Waals surface area contributed by atoms with Crippen molar-refractivity contribution in [1.82, 2.24) is 14.6 Å². The van der Waals surface area contributed by atoms with Gasteiger partial charge in [-0.25, -0.2) is 0 Å². The number of likely N-dealkylation sites (tertiary alicyclic amines) is 1. The Hall–Kier alpha value is -2.04. The van der Waals surface area contributed by atoms with E-state index in [1.165, 1.54) is 12.1 Å². The highest BCUT2D eigenvalue weighted by atomic mass is 16.5. The topological polar surface area (TPSA) is 51.3 Å². The van der Waals surface area contributed by atoms with Crippen LogP contribution in [0.5, 0.6) is 0 Å². The van der Waals surface area contributed by atoms with Crippen LogP contribution in [0.1, 0.15) is 53.7 Å². The Balaban J connectivity index is 1.92. The van der Waals surface area contributed by atoms with Crippen molar-refractivity contribution >= 4 is 5.91 Å². The van der Waals surface area contributed by atoms with Gasteiger partial charge in [-0.15, -0.1) is 0 Å². The zero-order valence-electron chi connectivity index (χ0n) is 12.6. The Morgan fingerprint density at radius 1 is 1.38 bits per heavy atom. The fourth-order valence-corrected chi connectivity index (χ4v) is 3.09. The summed E-state index contributed by atoms with van der Waals surface area (Å²) in [7, 11) is 2.03. The second-order valence-electron chi connectivity index (χ2n) is 5.73. The van der Waals surface area contributed by atoms with Crippen LogP contribution in [0.3, 0.4) is 0 Å². The second-order valence-corrected chi connectivity index (χ2v) is 5.73. The molecule has 2 aromatic heterocycles. The number of carbonyl (C=O) groups is 1. The van der Waals surface area contributed by atoms with Gasteiger partial charge >= 0.3 is 0 Å². The van der Waals surface area contributed by atoms with Crippen LogP contribution < -0.4 is 0 Å². The monoisotopic (exact) mass is 287 g/mol. The molecule has 1 amide bonds. The zero-order valence-corrected chi connectivity index (χ0v) is 12.6. The number of hydrogen-bond acceptors (Lipinski definition) is 3. The molecule has 2 aromatic rings. The molecule has 0 bridgehead atoms. The molecule has 0 aliphatic carbocycles. The van der Waals surface area contributed by atoms with E-state index in [1.807, 2.05) is 24.2 Å². The molecule has 0 saturated carbocycles. The van der Waals surface area contributed by atoms with Crippen LogP contribution in [0.15, 0.2) is 28.9 Å². The Bertz CT molecular complexity index is 629. The lowest BCUT2D eigenvalue weighted by atomic mass is 10.1. The molecule has 0 radical (unpaired) electrons. The largest absolute Gasteiger partial charge is 0.361 e. The van der Waals surface area contributed by atoms with E-state index in [9.17, 15) is 4.79 Å². The fraction of sp³-hybridized carbons (Fsp3) is 0.500. The quantitative estimate of drug-likeness (QED) is 0.853. The zero-order chi connectivity index (χ0) is 14.8. The van der Waals surface area contributed by atoms with Crippen molar-refractivity contribution in [2.24, 2.45) is 7.05 Å². The summed E-state index contributed by atoms with van der Waals surface area (Å²) in [5.41, 5.74) is 1.60. The third-order valence-corrected chi connectivity index (χ3v) is 4.19. The van der Waals surface area contributed by atoms with Crippen LogP contribution in [-0.4, -0.2) is 27.1 Å². The Morgan fingerprint density at radius 3 is 2.90 bits per heavy atom. The van der Waals surface area contributed by atoms with E-state index in [1.54, 1.807) is 13.0 Å². The van der Waals surface area contributed by atoms with Crippen molar-refractivity contribution in [3.05, 3.63) is 41.5 Å². The summed E-state index contributed by atoms with van der Waals surface area (Å²) in [4.78, 5) is 14.7. The van der Waals surface area contributed by atoms with Gasteiger partial charge in [-0.1, -0.05) is 18.0 Å². The molecule has 3 rings (SSSR count). The Kier molecular flexibility index (Phi) is 3.82. The van der Waals surface area contributed by atoms with E-state index in [2.05, 4.69) is 15.8 Å². The SMILES string of the molecule is Cc1cc(C(=O)N2CCCCCC2c2cccn2C)no1. The predicted octanol–water partition coefficient (Wildman–Crippen LogP) is 3.08. The number of aryl methyl sites for hydroxylation is 2. The minimum absolute atomic E-state index is 0.0278. The average molecular weight is 287 g/mol. The molecule has 0 aromatic carbocycles. The number of hydrogen-bond donors (Lipinski definition) is 0. The lowest BCUT2D eigenvalue weighted by Crippen LogP contribution is -2.35. The number of aromatic nitrogens is 2. The number of carbonyl (C=O) groups excluding carboxylic acids is 1. The van der Waals surface area contributed by atoms with Gasteiger partial charge in [0.15, 0.2) is 5.69 Å². The normalized spacial score (nSPS) is 19.5. The summed E-state index contributed by atoms with van der Waals surface area (Å²) in [6.45, 7) is 2.58. The number of amides is 1. The van der Waals surface area contributed by atoms with Crippen molar-refractivity contribution in [2.75, 3.05) is 6.54 Å². The van der Waals surface area contributed by atoms with Crippen LogP contribution in [0.4, 0.5) is 0 Å². The average Bonchev–Trinajstić information content (AvgIpc) is 3.00. The molecule has 1 saturated heterocycles. The standard InChI is InChI=1S/C16H21N3O2/c1-12-11-13(17-21-12)16(20)19-10-5-3-4-7-15(19)14-8-6-9-18(14)2/h6,8-9,11,15H,3-5,7,10H2,1-2H3. The third kappa shape index (κ3) is 2.73. The second kappa shape index (κ2) is 5.76. The van der Waals surface area contributed by atoms with E-state index in [0.717, 1.165) is 25.8 Å². The lowest BCUT2D eigenvalue weighted by Gasteiger charge is -2.30. The van der Waals surface area contributed by atoms with Gasteiger partial charge in [0.1, 0.15) is 5.76 Å². The Morgan fingerprint density at radius 2 is 2.24 bits per heavy atom. The predicted molar refractivity (Wildman–Crippen MR) is 78.9 cm³/mol. The first-order chi connectivity index (χ1) is 10.2. The Labute approximate surface area is 124 Å². The van der Waals surface area contributed by atoms with Crippen molar-refractivity contribution in [3.8, 4) is 0 Å². The third-order valence-electron chi connectivity index (χ3n) is 4.19. The molecule has 1 unspecified atom stereocenters. The van der Waals surface area contributed by atoms with Gasteiger partial charge in [0.2, 0.25) is 0 Å². The fourth-order valence-electron chi connectivity index (χ4n) is 3.09. The molecule has 0 N–H and O–H groups in total. The summed E-state index contributed by atoms with van der Waals surface area (Å²) < 4.78 is 7.16. The molecule has 3 heterocycles. The lowest BCUT2D eigenvalue weighted by molar-refractivity contribution is 0.0664. The molecular weight excluding hydrogens is 266 g/mol. The molecule has 5 nitrogen and oxygen atoms in total. The molecule has 21 heavy (non-hydrogen) atoms. The highest BCUT2D eigenvalue weighted by molar-refractivity contribution is 5.92. The summed E-state index contributed by atoms with van der Waals surface area (Å²) in [5, 5.41) is 3.89. The first-order valence-electron chi connectivity index (χ1n) is 7.52. The van der Waals surface area contributed by atoms with Gasteiger partial charge in [-0.2, -0.15) is 0 Å². The van der Waals surface area contributed by atoms with E-state index >= 15 is 0 Å².